The second kappa shape index (κ2) is 6.20. The number of amides is 1. The van der Waals surface area contributed by atoms with Gasteiger partial charge >= 0.3 is 6.18 Å². The Bertz CT molecular complexity index is 710. The Kier molecular flexibility index (Phi) is 4.49. The van der Waals surface area contributed by atoms with Crippen LogP contribution in [0.1, 0.15) is 15.9 Å². The Hall–Kier alpha value is -2.70. The molecule has 0 aliphatic rings. The summed E-state index contributed by atoms with van der Waals surface area (Å²) < 4.78 is 37.6. The van der Waals surface area contributed by atoms with Crippen LogP contribution in [-0.2, 0) is 6.18 Å². The van der Waals surface area contributed by atoms with Gasteiger partial charge in [0.2, 0.25) is 0 Å². The van der Waals surface area contributed by atoms with Crippen LogP contribution in [-0.4, -0.2) is 20.0 Å². The predicted molar refractivity (Wildman–Crippen MR) is 84.6 cm³/mol. The maximum absolute atomic E-state index is 12.5. The van der Waals surface area contributed by atoms with Gasteiger partial charge in [-0.25, -0.2) is 0 Å². The molecular formula is C16H16F3N3O. The lowest BCUT2D eigenvalue weighted by Crippen LogP contribution is -2.19. The van der Waals surface area contributed by atoms with E-state index in [9.17, 15) is 18.0 Å². The van der Waals surface area contributed by atoms with Gasteiger partial charge in [-0.3, -0.25) is 4.79 Å². The molecule has 3 N–H and O–H groups in total. The van der Waals surface area contributed by atoms with E-state index in [4.69, 9.17) is 5.73 Å². The van der Waals surface area contributed by atoms with Crippen molar-refractivity contribution >= 4 is 23.0 Å². The van der Waals surface area contributed by atoms with Gasteiger partial charge in [-0.1, -0.05) is 0 Å². The van der Waals surface area contributed by atoms with Gasteiger partial charge in [-0.15, -0.1) is 0 Å². The van der Waals surface area contributed by atoms with Crippen LogP contribution < -0.4 is 16.0 Å². The van der Waals surface area contributed by atoms with Gasteiger partial charge < -0.3 is 16.0 Å². The Balaban J connectivity index is 2.24. The average Bonchev–Trinajstić information content (AvgIpc) is 2.46. The minimum Gasteiger partial charge on any atom is -0.399 e. The van der Waals surface area contributed by atoms with Crippen molar-refractivity contribution in [1.82, 2.24) is 0 Å². The van der Waals surface area contributed by atoms with E-state index in [1.54, 1.807) is 31.1 Å². The second-order valence-electron chi connectivity index (χ2n) is 5.20. The molecule has 23 heavy (non-hydrogen) atoms. The molecule has 1 amide bonds. The van der Waals surface area contributed by atoms with Gasteiger partial charge in [-0.05, 0) is 42.5 Å². The van der Waals surface area contributed by atoms with Crippen molar-refractivity contribution in [2.45, 2.75) is 6.18 Å². The van der Waals surface area contributed by atoms with E-state index in [1.165, 1.54) is 18.2 Å². The van der Waals surface area contributed by atoms with E-state index in [0.29, 0.717) is 16.9 Å². The minimum atomic E-state index is -4.41. The standard InChI is InChI=1S/C16H16F3N3O/c1-22(2)14-8-5-11(20)9-13(14)15(23)21-12-6-3-10(4-7-12)16(17,18)19/h3-9H,20H2,1-2H3,(H,21,23). The van der Waals surface area contributed by atoms with E-state index in [1.807, 2.05) is 0 Å². The third-order valence-electron chi connectivity index (χ3n) is 3.22. The number of anilines is 3. The van der Waals surface area contributed by atoms with Crippen LogP contribution in [0.4, 0.5) is 30.2 Å². The summed E-state index contributed by atoms with van der Waals surface area (Å²) in [4.78, 5) is 14.1. The van der Waals surface area contributed by atoms with Crippen LogP contribution in [0.3, 0.4) is 0 Å². The summed E-state index contributed by atoms with van der Waals surface area (Å²) in [5, 5.41) is 2.57. The molecule has 0 aliphatic carbocycles. The van der Waals surface area contributed by atoms with Gasteiger partial charge in [0.05, 0.1) is 11.1 Å². The third-order valence-corrected chi connectivity index (χ3v) is 3.22. The number of alkyl halides is 3. The molecule has 2 aromatic carbocycles. The van der Waals surface area contributed by atoms with E-state index < -0.39 is 17.6 Å². The van der Waals surface area contributed by atoms with Crippen molar-refractivity contribution < 1.29 is 18.0 Å². The first-order chi connectivity index (χ1) is 10.7. The summed E-state index contributed by atoms with van der Waals surface area (Å²) in [5.41, 5.74) is 6.63. The molecule has 122 valence electrons. The summed E-state index contributed by atoms with van der Waals surface area (Å²) in [6.07, 6.45) is -4.41. The molecule has 0 radical (unpaired) electrons. The van der Waals surface area contributed by atoms with Crippen molar-refractivity contribution in [1.29, 1.82) is 0 Å². The van der Waals surface area contributed by atoms with Crippen LogP contribution in [0.2, 0.25) is 0 Å². The molecule has 2 rings (SSSR count). The molecular weight excluding hydrogens is 307 g/mol. The van der Waals surface area contributed by atoms with Crippen LogP contribution in [0, 0.1) is 0 Å². The van der Waals surface area contributed by atoms with Crippen molar-refractivity contribution in [2.24, 2.45) is 0 Å². The fraction of sp³-hybridized carbons (Fsp3) is 0.188. The number of hydrogen-bond acceptors (Lipinski definition) is 3. The molecule has 0 heterocycles. The summed E-state index contributed by atoms with van der Waals surface area (Å²) >= 11 is 0. The lowest BCUT2D eigenvalue weighted by atomic mass is 10.1. The normalized spacial score (nSPS) is 11.2. The number of carbonyl (C=O) groups excluding carboxylic acids is 1. The molecule has 0 unspecified atom stereocenters. The molecule has 0 saturated heterocycles. The number of hydrogen-bond donors (Lipinski definition) is 2. The molecule has 0 bridgehead atoms. The van der Waals surface area contributed by atoms with E-state index in [-0.39, 0.29) is 5.69 Å². The van der Waals surface area contributed by atoms with Gasteiger partial charge in [0.15, 0.2) is 0 Å². The number of nitrogens with zero attached hydrogens (tertiary/aromatic N) is 1. The van der Waals surface area contributed by atoms with Crippen molar-refractivity contribution in [3.8, 4) is 0 Å². The molecule has 0 aliphatic heterocycles. The summed E-state index contributed by atoms with van der Waals surface area (Å²) in [6, 6.07) is 9.16. The van der Waals surface area contributed by atoms with E-state index in [0.717, 1.165) is 12.1 Å². The Labute approximate surface area is 131 Å². The number of nitrogens with one attached hydrogen (secondary N) is 1. The van der Waals surface area contributed by atoms with Gasteiger partial charge in [-0.2, -0.15) is 13.2 Å². The average molecular weight is 323 g/mol. The minimum absolute atomic E-state index is 0.273. The molecule has 0 spiro atoms. The quantitative estimate of drug-likeness (QED) is 0.849. The lowest BCUT2D eigenvalue weighted by molar-refractivity contribution is -0.137. The Morgan fingerprint density at radius 2 is 1.70 bits per heavy atom. The fourth-order valence-corrected chi connectivity index (χ4v) is 2.07. The lowest BCUT2D eigenvalue weighted by Gasteiger charge is -2.17. The number of rotatable bonds is 3. The predicted octanol–water partition coefficient (Wildman–Crippen LogP) is 3.61. The molecule has 2 aromatic rings. The van der Waals surface area contributed by atoms with Gasteiger partial charge in [0.25, 0.3) is 5.91 Å². The van der Waals surface area contributed by atoms with Crippen LogP contribution in [0.15, 0.2) is 42.5 Å². The van der Waals surface area contributed by atoms with Gasteiger partial charge in [0, 0.05) is 31.2 Å². The number of nitrogens with two attached hydrogens (primary N) is 1. The fourth-order valence-electron chi connectivity index (χ4n) is 2.07. The van der Waals surface area contributed by atoms with Crippen molar-refractivity contribution in [3.05, 3.63) is 53.6 Å². The number of benzene rings is 2. The smallest absolute Gasteiger partial charge is 0.399 e. The zero-order valence-corrected chi connectivity index (χ0v) is 12.6. The summed E-state index contributed by atoms with van der Waals surface area (Å²) in [6.45, 7) is 0. The molecule has 0 aromatic heterocycles. The highest BCUT2D eigenvalue weighted by molar-refractivity contribution is 6.08. The summed E-state index contributed by atoms with van der Waals surface area (Å²) in [5.74, 6) is -0.444. The van der Waals surface area contributed by atoms with Crippen LogP contribution in [0.5, 0.6) is 0 Å². The van der Waals surface area contributed by atoms with E-state index >= 15 is 0 Å². The van der Waals surface area contributed by atoms with Crippen molar-refractivity contribution in [3.63, 3.8) is 0 Å². The molecule has 0 saturated carbocycles. The SMILES string of the molecule is CN(C)c1ccc(N)cc1C(=O)Nc1ccc(C(F)(F)F)cc1. The van der Waals surface area contributed by atoms with Crippen LogP contribution >= 0.6 is 0 Å². The number of nitrogen functional groups attached to an aromatic ring is 1. The molecule has 0 fully saturated rings. The Morgan fingerprint density at radius 3 is 2.22 bits per heavy atom. The highest BCUT2D eigenvalue weighted by Gasteiger charge is 2.30. The maximum Gasteiger partial charge on any atom is 0.416 e. The zero-order valence-electron chi connectivity index (χ0n) is 12.6. The molecule has 7 heteroatoms. The largest absolute Gasteiger partial charge is 0.416 e. The monoisotopic (exact) mass is 323 g/mol. The first kappa shape index (κ1) is 16.7. The van der Waals surface area contributed by atoms with E-state index in [2.05, 4.69) is 5.32 Å². The second-order valence-corrected chi connectivity index (χ2v) is 5.20. The Morgan fingerprint density at radius 1 is 1.09 bits per heavy atom. The highest BCUT2D eigenvalue weighted by Crippen LogP contribution is 2.30. The number of carbonyl (C=O) groups is 1. The number of halogens is 3. The zero-order chi connectivity index (χ0) is 17.2. The van der Waals surface area contributed by atoms with Gasteiger partial charge in [0.1, 0.15) is 0 Å². The first-order valence-corrected chi connectivity index (χ1v) is 6.74. The molecule has 0 atom stereocenters. The maximum atomic E-state index is 12.5. The first-order valence-electron chi connectivity index (χ1n) is 6.74. The topological polar surface area (TPSA) is 58.4 Å². The highest BCUT2D eigenvalue weighted by atomic mass is 19.4. The van der Waals surface area contributed by atoms with Crippen molar-refractivity contribution in [2.75, 3.05) is 30.0 Å². The molecule has 4 nitrogen and oxygen atoms in total. The third kappa shape index (κ3) is 3.94. The summed E-state index contributed by atoms with van der Waals surface area (Å²) in [7, 11) is 3.56. The van der Waals surface area contributed by atoms with Crippen LogP contribution in [0.25, 0.3) is 0 Å².